The largest absolute Gasteiger partial charge is 0.496 e. The number of hydrogen-bond acceptors (Lipinski definition) is 6. The number of nitriles is 1. The molecule has 180 valence electrons. The second-order valence-corrected chi connectivity index (χ2v) is 9.97. The third kappa shape index (κ3) is 4.01. The van der Waals surface area contributed by atoms with Crippen LogP contribution in [0.4, 0.5) is 0 Å². The van der Waals surface area contributed by atoms with Crippen LogP contribution in [0.5, 0.6) is 5.75 Å². The third-order valence-corrected chi connectivity index (χ3v) is 7.87. The van der Waals surface area contributed by atoms with Gasteiger partial charge in [-0.3, -0.25) is 14.5 Å². The topological polar surface area (TPSA) is 130 Å². The van der Waals surface area contributed by atoms with Gasteiger partial charge in [0.05, 0.1) is 24.9 Å². The summed E-state index contributed by atoms with van der Waals surface area (Å²) in [4.78, 5) is 30.4. The molecule has 1 aliphatic carbocycles. The zero-order valence-corrected chi connectivity index (χ0v) is 19.3. The minimum atomic E-state index is -0.992. The number of aromatic amines is 1. The number of rotatable bonds is 7. The summed E-state index contributed by atoms with van der Waals surface area (Å²) in [5.74, 6) is 0.136. The first-order chi connectivity index (χ1) is 16.4. The Morgan fingerprint density at radius 2 is 2.26 bits per heavy atom. The van der Waals surface area contributed by atoms with Crippen LogP contribution in [0.25, 0.3) is 10.9 Å². The van der Waals surface area contributed by atoms with Gasteiger partial charge in [0.2, 0.25) is 11.8 Å². The highest BCUT2D eigenvalue weighted by Crippen LogP contribution is 2.52. The molecule has 3 heterocycles. The highest BCUT2D eigenvalue weighted by molar-refractivity contribution is 5.87. The third-order valence-electron chi connectivity index (χ3n) is 7.87. The molecule has 1 spiro atoms. The standard InChI is InChI=1S/C25H31N5O4/c1-34-21-5-2-4-18-17(21)11-19(29-18)24(33)30-14-25(7-3-8-25)12-20(30)23(32)28-16(13-26)10-15-6-9-27-22(15)31/h2,4-5,11,15-16,20,24,29,33H,3,6-10,12,14H2,1H3,(H,27,31)(H,28,32)/t15-,16-,20-,24?/m0/s1. The fraction of sp³-hybridized carbons (Fsp3) is 0.560. The van der Waals surface area contributed by atoms with Gasteiger partial charge in [0, 0.05) is 29.9 Å². The average molecular weight is 466 g/mol. The molecule has 2 aromatic rings. The van der Waals surface area contributed by atoms with Crippen molar-refractivity contribution in [3.05, 3.63) is 30.0 Å². The molecule has 3 fully saturated rings. The van der Waals surface area contributed by atoms with E-state index in [9.17, 15) is 20.0 Å². The molecule has 1 aromatic carbocycles. The molecule has 2 saturated heterocycles. The Morgan fingerprint density at radius 3 is 2.91 bits per heavy atom. The van der Waals surface area contributed by atoms with E-state index in [-0.39, 0.29) is 23.1 Å². The van der Waals surface area contributed by atoms with Gasteiger partial charge in [-0.2, -0.15) is 5.26 Å². The number of likely N-dealkylation sites (tertiary alicyclic amines) is 1. The number of ether oxygens (including phenoxy) is 1. The van der Waals surface area contributed by atoms with Crippen LogP contribution in [0, 0.1) is 22.7 Å². The van der Waals surface area contributed by atoms with E-state index >= 15 is 0 Å². The number of amides is 2. The second kappa shape index (κ2) is 8.93. The number of aliphatic hydroxyl groups is 1. The van der Waals surface area contributed by atoms with Crippen molar-refractivity contribution in [1.29, 1.82) is 5.26 Å². The van der Waals surface area contributed by atoms with Crippen LogP contribution in [0.1, 0.15) is 50.4 Å². The lowest BCUT2D eigenvalue weighted by molar-refractivity contribution is -0.130. The molecule has 4 atom stereocenters. The van der Waals surface area contributed by atoms with Crippen LogP contribution in [-0.2, 0) is 9.59 Å². The molecule has 5 rings (SSSR count). The van der Waals surface area contributed by atoms with Gasteiger partial charge in [0.1, 0.15) is 18.0 Å². The van der Waals surface area contributed by atoms with Crippen LogP contribution >= 0.6 is 0 Å². The number of aromatic nitrogens is 1. The van der Waals surface area contributed by atoms with Crippen molar-refractivity contribution in [2.24, 2.45) is 11.3 Å². The summed E-state index contributed by atoms with van der Waals surface area (Å²) in [7, 11) is 1.61. The molecular weight excluding hydrogens is 434 g/mol. The minimum Gasteiger partial charge on any atom is -0.496 e. The first-order valence-corrected chi connectivity index (χ1v) is 12.0. The molecule has 2 aliphatic heterocycles. The first-order valence-electron chi connectivity index (χ1n) is 12.0. The monoisotopic (exact) mass is 465 g/mol. The molecule has 2 amide bonds. The Balaban J connectivity index is 1.35. The van der Waals surface area contributed by atoms with Gasteiger partial charge >= 0.3 is 0 Å². The lowest BCUT2D eigenvalue weighted by Gasteiger charge is -2.38. The van der Waals surface area contributed by atoms with Gasteiger partial charge in [-0.25, -0.2) is 0 Å². The molecule has 1 aromatic heterocycles. The SMILES string of the molecule is COc1cccc2[nH]c(C(O)N3CC4(CCC4)C[C@H]3C(=O)N[C@H](C#N)C[C@@H]3CCNC3=O)cc12. The van der Waals surface area contributed by atoms with Crippen molar-refractivity contribution in [3.63, 3.8) is 0 Å². The van der Waals surface area contributed by atoms with Crippen LogP contribution in [-0.4, -0.2) is 59.1 Å². The molecule has 1 saturated carbocycles. The van der Waals surface area contributed by atoms with E-state index < -0.39 is 18.3 Å². The predicted molar refractivity (Wildman–Crippen MR) is 124 cm³/mol. The summed E-state index contributed by atoms with van der Waals surface area (Å²) in [6.45, 7) is 1.23. The quantitative estimate of drug-likeness (QED) is 0.494. The fourth-order valence-corrected chi connectivity index (χ4v) is 5.84. The van der Waals surface area contributed by atoms with E-state index in [0.717, 1.165) is 30.2 Å². The van der Waals surface area contributed by atoms with Crippen LogP contribution in [0.3, 0.4) is 0 Å². The molecular formula is C25H31N5O4. The molecule has 0 radical (unpaired) electrons. The van der Waals surface area contributed by atoms with E-state index in [4.69, 9.17) is 4.74 Å². The molecule has 9 nitrogen and oxygen atoms in total. The molecule has 34 heavy (non-hydrogen) atoms. The van der Waals surface area contributed by atoms with Crippen LogP contribution < -0.4 is 15.4 Å². The normalized spacial score (nSPS) is 25.5. The minimum absolute atomic E-state index is 0.0279. The molecule has 4 N–H and O–H groups in total. The van der Waals surface area contributed by atoms with E-state index in [1.165, 1.54) is 0 Å². The Bertz CT molecular complexity index is 1130. The number of hydrogen-bond donors (Lipinski definition) is 4. The zero-order valence-electron chi connectivity index (χ0n) is 19.3. The summed E-state index contributed by atoms with van der Waals surface area (Å²) < 4.78 is 5.44. The number of aliphatic hydroxyl groups excluding tert-OH is 1. The van der Waals surface area contributed by atoms with Crippen molar-refractivity contribution in [1.82, 2.24) is 20.5 Å². The Kier molecular flexibility index (Phi) is 5.96. The molecule has 9 heteroatoms. The lowest BCUT2D eigenvalue weighted by atomic mass is 9.67. The Morgan fingerprint density at radius 1 is 1.44 bits per heavy atom. The zero-order chi connectivity index (χ0) is 23.9. The molecule has 1 unspecified atom stereocenters. The maximum Gasteiger partial charge on any atom is 0.238 e. The summed E-state index contributed by atoms with van der Waals surface area (Å²) in [6.07, 6.45) is 3.83. The number of carbonyl (C=O) groups excluding carboxylic acids is 2. The smallest absolute Gasteiger partial charge is 0.238 e. The lowest BCUT2D eigenvalue weighted by Crippen LogP contribution is -2.48. The van der Waals surface area contributed by atoms with E-state index in [1.807, 2.05) is 29.2 Å². The van der Waals surface area contributed by atoms with Crippen LogP contribution in [0.2, 0.25) is 0 Å². The summed E-state index contributed by atoms with van der Waals surface area (Å²) in [5, 5.41) is 27.5. The number of H-pyrrole nitrogens is 1. The van der Waals surface area contributed by atoms with E-state index in [2.05, 4.69) is 21.7 Å². The van der Waals surface area contributed by atoms with Crippen molar-refractivity contribution in [2.45, 2.75) is 56.8 Å². The average Bonchev–Trinajstić information content (AvgIpc) is 3.54. The Hall–Kier alpha value is -3.09. The number of benzene rings is 1. The van der Waals surface area contributed by atoms with Crippen molar-refractivity contribution >= 4 is 22.7 Å². The number of nitrogens with one attached hydrogen (secondary N) is 3. The summed E-state index contributed by atoms with van der Waals surface area (Å²) >= 11 is 0. The summed E-state index contributed by atoms with van der Waals surface area (Å²) in [5.41, 5.74) is 1.49. The molecule has 0 bridgehead atoms. The van der Waals surface area contributed by atoms with Gasteiger partial charge in [-0.05, 0) is 55.7 Å². The van der Waals surface area contributed by atoms with Gasteiger partial charge < -0.3 is 25.5 Å². The highest BCUT2D eigenvalue weighted by atomic mass is 16.5. The van der Waals surface area contributed by atoms with Crippen LogP contribution in [0.15, 0.2) is 24.3 Å². The van der Waals surface area contributed by atoms with Crippen molar-refractivity contribution < 1.29 is 19.4 Å². The van der Waals surface area contributed by atoms with E-state index in [1.54, 1.807) is 7.11 Å². The maximum atomic E-state index is 13.4. The van der Waals surface area contributed by atoms with Gasteiger partial charge in [-0.15, -0.1) is 0 Å². The van der Waals surface area contributed by atoms with Crippen molar-refractivity contribution in [2.75, 3.05) is 20.2 Å². The highest BCUT2D eigenvalue weighted by Gasteiger charge is 2.52. The summed E-state index contributed by atoms with van der Waals surface area (Å²) in [6, 6.07) is 8.41. The van der Waals surface area contributed by atoms with Crippen molar-refractivity contribution in [3.8, 4) is 11.8 Å². The van der Waals surface area contributed by atoms with E-state index in [0.29, 0.717) is 43.8 Å². The first kappa shape index (κ1) is 22.7. The fourth-order valence-electron chi connectivity index (χ4n) is 5.84. The van der Waals surface area contributed by atoms with Gasteiger partial charge in [-0.1, -0.05) is 12.5 Å². The second-order valence-electron chi connectivity index (χ2n) is 9.97. The predicted octanol–water partition coefficient (Wildman–Crippen LogP) is 1.95. The number of fused-ring (bicyclic) bond motifs is 1. The Labute approximate surface area is 198 Å². The maximum absolute atomic E-state index is 13.4. The molecule has 3 aliphatic rings. The number of carbonyl (C=O) groups is 2. The number of methoxy groups -OCH3 is 1. The van der Waals surface area contributed by atoms with Gasteiger partial charge in [0.15, 0.2) is 0 Å². The number of nitrogens with zero attached hydrogens (tertiary/aromatic N) is 2. The van der Waals surface area contributed by atoms with Gasteiger partial charge in [0.25, 0.3) is 0 Å².